The zero-order valence-electron chi connectivity index (χ0n) is 20.1. The summed E-state index contributed by atoms with van der Waals surface area (Å²) in [6.45, 7) is 2.52. The Kier molecular flexibility index (Phi) is 8.35. The molecule has 3 N–H and O–H groups in total. The van der Waals surface area contributed by atoms with Gasteiger partial charge in [0.25, 0.3) is 5.91 Å². The third-order valence-corrected chi connectivity index (χ3v) is 8.06. The van der Waals surface area contributed by atoms with Crippen LogP contribution in [-0.4, -0.2) is 70.6 Å². The third-order valence-electron chi connectivity index (χ3n) is 6.53. The Balaban J connectivity index is 1.43. The number of anilines is 1. The molecule has 2 heterocycles. The molecule has 2 amide bonds. The average Bonchev–Trinajstić information content (AvgIpc) is 2.83. The molecule has 36 heavy (non-hydrogen) atoms. The largest absolute Gasteiger partial charge is 0.378 e. The summed E-state index contributed by atoms with van der Waals surface area (Å²) in [6.07, 6.45) is 2.29. The molecule has 1 atom stereocenters. The van der Waals surface area contributed by atoms with E-state index in [0.717, 1.165) is 25.9 Å². The number of hydrogen-bond donors (Lipinski definition) is 3. The van der Waals surface area contributed by atoms with E-state index in [-0.39, 0.29) is 22.4 Å². The summed E-state index contributed by atoms with van der Waals surface area (Å²) in [5.41, 5.74) is 0.673. The highest BCUT2D eigenvalue weighted by atomic mass is 32.2. The van der Waals surface area contributed by atoms with Crippen molar-refractivity contribution in [1.29, 1.82) is 0 Å². The lowest BCUT2D eigenvalue weighted by atomic mass is 9.90. The van der Waals surface area contributed by atoms with Crippen molar-refractivity contribution in [3.05, 3.63) is 59.9 Å². The number of benzene rings is 2. The molecule has 0 saturated carbocycles. The molecular weight excluding hydrogens is 487 g/mol. The van der Waals surface area contributed by atoms with Crippen LogP contribution in [0.4, 0.5) is 10.1 Å². The first kappa shape index (κ1) is 26.2. The maximum atomic E-state index is 13.3. The fourth-order valence-electron chi connectivity index (χ4n) is 4.24. The van der Waals surface area contributed by atoms with Gasteiger partial charge in [-0.15, -0.1) is 0 Å². The number of hydrogen-bond acceptors (Lipinski definition) is 6. The van der Waals surface area contributed by atoms with Crippen molar-refractivity contribution in [2.24, 2.45) is 5.92 Å². The van der Waals surface area contributed by atoms with E-state index in [4.69, 9.17) is 4.74 Å². The Morgan fingerprint density at radius 2 is 1.69 bits per heavy atom. The molecule has 0 radical (unpaired) electrons. The molecule has 194 valence electrons. The lowest BCUT2D eigenvalue weighted by Crippen LogP contribution is -2.48. The molecule has 11 heteroatoms. The lowest BCUT2D eigenvalue weighted by Gasteiger charge is -2.31. The van der Waals surface area contributed by atoms with Crippen LogP contribution < -0.4 is 15.4 Å². The number of piperidine rings is 1. The van der Waals surface area contributed by atoms with Gasteiger partial charge in [-0.25, -0.2) is 17.5 Å². The van der Waals surface area contributed by atoms with Gasteiger partial charge in [0, 0.05) is 11.3 Å². The maximum absolute atomic E-state index is 13.3. The number of likely N-dealkylation sites (tertiary alicyclic amines) is 1. The van der Waals surface area contributed by atoms with E-state index >= 15 is 0 Å². The van der Waals surface area contributed by atoms with Crippen molar-refractivity contribution in [2.45, 2.75) is 36.2 Å². The standard InChI is InChI=1S/C25H31FN4O5S/c1-30-12-10-17(11-13-30)14-23(28-24(31)18-2-4-19(26)5-3-18)25(32)27-20-6-8-22(9-7-20)36(33,34)29-21-15-35-16-21/h2-9,17,21,23,29H,10-16H2,1H3,(H,27,32)(H,28,31)/t23-/m0/s1. The number of ether oxygens (including phenoxy) is 1. The number of sulfonamides is 1. The number of carbonyl (C=O) groups excluding carboxylic acids is 2. The van der Waals surface area contributed by atoms with E-state index in [9.17, 15) is 22.4 Å². The highest BCUT2D eigenvalue weighted by Gasteiger charge is 2.28. The molecule has 0 bridgehead atoms. The summed E-state index contributed by atoms with van der Waals surface area (Å²) in [7, 11) is -1.63. The van der Waals surface area contributed by atoms with Gasteiger partial charge in [0.05, 0.1) is 24.2 Å². The number of amides is 2. The lowest BCUT2D eigenvalue weighted by molar-refractivity contribution is -0.118. The highest BCUT2D eigenvalue weighted by Crippen LogP contribution is 2.23. The molecule has 2 fully saturated rings. The topological polar surface area (TPSA) is 117 Å². The Labute approximate surface area is 210 Å². The fraction of sp³-hybridized carbons (Fsp3) is 0.440. The second kappa shape index (κ2) is 11.5. The predicted molar refractivity (Wildman–Crippen MR) is 132 cm³/mol. The molecule has 0 aliphatic carbocycles. The molecule has 2 aliphatic heterocycles. The Hall–Kier alpha value is -2.86. The van der Waals surface area contributed by atoms with Gasteiger partial charge in [-0.1, -0.05) is 0 Å². The van der Waals surface area contributed by atoms with Crippen LogP contribution in [0.15, 0.2) is 53.4 Å². The monoisotopic (exact) mass is 518 g/mol. The molecule has 0 unspecified atom stereocenters. The normalized spacial score (nSPS) is 18.3. The van der Waals surface area contributed by atoms with Crippen molar-refractivity contribution >= 4 is 27.5 Å². The number of halogens is 1. The molecule has 2 aromatic carbocycles. The van der Waals surface area contributed by atoms with Gasteiger partial charge in [0.1, 0.15) is 11.9 Å². The first-order valence-corrected chi connectivity index (χ1v) is 13.4. The summed E-state index contributed by atoms with van der Waals surface area (Å²) in [5, 5.41) is 5.59. The van der Waals surface area contributed by atoms with E-state index in [1.165, 1.54) is 48.5 Å². The first-order chi connectivity index (χ1) is 17.2. The fourth-order valence-corrected chi connectivity index (χ4v) is 5.45. The van der Waals surface area contributed by atoms with Crippen LogP contribution in [-0.2, 0) is 19.6 Å². The van der Waals surface area contributed by atoms with Gasteiger partial charge in [-0.3, -0.25) is 9.59 Å². The third kappa shape index (κ3) is 6.88. The second-order valence-electron chi connectivity index (χ2n) is 9.38. The number of nitrogens with zero attached hydrogens (tertiary/aromatic N) is 1. The SMILES string of the molecule is CN1CCC(C[C@H](NC(=O)c2ccc(F)cc2)C(=O)Nc2ccc(S(=O)(=O)NC3COC3)cc2)CC1. The predicted octanol–water partition coefficient (Wildman–Crippen LogP) is 1.97. The van der Waals surface area contributed by atoms with E-state index in [1.807, 2.05) is 0 Å². The quantitative estimate of drug-likeness (QED) is 0.467. The van der Waals surface area contributed by atoms with Crippen LogP contribution in [0.1, 0.15) is 29.6 Å². The molecule has 0 aromatic heterocycles. The van der Waals surface area contributed by atoms with E-state index in [1.54, 1.807) is 0 Å². The van der Waals surface area contributed by atoms with Crippen molar-refractivity contribution in [3.8, 4) is 0 Å². The van der Waals surface area contributed by atoms with Gasteiger partial charge in [-0.2, -0.15) is 0 Å². The molecule has 2 aromatic rings. The number of carbonyl (C=O) groups is 2. The number of rotatable bonds is 9. The Morgan fingerprint density at radius 1 is 1.06 bits per heavy atom. The summed E-state index contributed by atoms with van der Waals surface area (Å²) >= 11 is 0. The van der Waals surface area contributed by atoms with Crippen LogP contribution in [0.3, 0.4) is 0 Å². The minimum atomic E-state index is -3.69. The molecule has 4 rings (SSSR count). The summed E-state index contributed by atoms with van der Waals surface area (Å²) in [6, 6.07) is 9.96. The minimum absolute atomic E-state index is 0.0832. The van der Waals surface area contributed by atoms with Crippen LogP contribution in [0.5, 0.6) is 0 Å². The first-order valence-electron chi connectivity index (χ1n) is 12.0. The highest BCUT2D eigenvalue weighted by molar-refractivity contribution is 7.89. The average molecular weight is 519 g/mol. The van der Waals surface area contributed by atoms with Crippen LogP contribution in [0.2, 0.25) is 0 Å². The Morgan fingerprint density at radius 3 is 2.28 bits per heavy atom. The zero-order valence-corrected chi connectivity index (χ0v) is 20.9. The maximum Gasteiger partial charge on any atom is 0.251 e. The summed E-state index contributed by atoms with van der Waals surface area (Å²) in [5.74, 6) is -1.05. The molecular formula is C25H31FN4O5S. The molecule has 9 nitrogen and oxygen atoms in total. The summed E-state index contributed by atoms with van der Waals surface area (Å²) < 4.78 is 45.8. The second-order valence-corrected chi connectivity index (χ2v) is 11.1. The van der Waals surface area contributed by atoms with Gasteiger partial charge in [0.15, 0.2) is 0 Å². The number of nitrogens with one attached hydrogen (secondary N) is 3. The van der Waals surface area contributed by atoms with Gasteiger partial charge < -0.3 is 20.3 Å². The molecule has 2 aliphatic rings. The van der Waals surface area contributed by atoms with Crippen LogP contribution in [0.25, 0.3) is 0 Å². The van der Waals surface area contributed by atoms with Crippen molar-refractivity contribution in [3.63, 3.8) is 0 Å². The molecule has 0 spiro atoms. The minimum Gasteiger partial charge on any atom is -0.378 e. The van der Waals surface area contributed by atoms with Gasteiger partial charge >= 0.3 is 0 Å². The molecule has 2 saturated heterocycles. The van der Waals surface area contributed by atoms with Crippen molar-refractivity contribution in [1.82, 2.24) is 14.9 Å². The summed E-state index contributed by atoms with van der Waals surface area (Å²) in [4.78, 5) is 28.3. The van der Waals surface area contributed by atoms with Crippen molar-refractivity contribution in [2.75, 3.05) is 38.7 Å². The smallest absolute Gasteiger partial charge is 0.251 e. The zero-order chi connectivity index (χ0) is 25.7. The van der Waals surface area contributed by atoms with E-state index in [2.05, 4.69) is 27.3 Å². The van der Waals surface area contributed by atoms with Crippen LogP contribution >= 0.6 is 0 Å². The van der Waals surface area contributed by atoms with Crippen molar-refractivity contribution < 1.29 is 27.1 Å². The van der Waals surface area contributed by atoms with Gasteiger partial charge in [0.2, 0.25) is 15.9 Å². The van der Waals surface area contributed by atoms with Crippen LogP contribution in [0, 0.1) is 11.7 Å². The van der Waals surface area contributed by atoms with E-state index in [0.29, 0.717) is 25.3 Å². The van der Waals surface area contributed by atoms with E-state index < -0.39 is 33.7 Å². The Bertz CT molecular complexity index is 1160. The van der Waals surface area contributed by atoms with Gasteiger partial charge in [-0.05, 0) is 93.8 Å².